The maximum atomic E-state index is 13.1. The fourth-order valence-corrected chi connectivity index (χ4v) is 5.12. The lowest BCUT2D eigenvalue weighted by molar-refractivity contribution is -0.138. The quantitative estimate of drug-likeness (QED) is 0.806. The average Bonchev–Trinajstić information content (AvgIpc) is 2.77. The maximum absolute atomic E-state index is 13.1. The van der Waals surface area contributed by atoms with E-state index in [1.54, 1.807) is 0 Å². The first kappa shape index (κ1) is 20.2. The summed E-state index contributed by atoms with van der Waals surface area (Å²) in [6.07, 6.45) is 8.41. The van der Waals surface area contributed by atoms with Crippen LogP contribution in [0.3, 0.4) is 0 Å². The molecular formula is C21H33N5O3. The molecule has 4 rings (SSSR count). The molecule has 8 nitrogen and oxygen atoms in total. The summed E-state index contributed by atoms with van der Waals surface area (Å²) in [6, 6.07) is 2.17. The van der Waals surface area contributed by atoms with Crippen LogP contribution in [0.1, 0.15) is 44.9 Å². The summed E-state index contributed by atoms with van der Waals surface area (Å²) in [7, 11) is 1.46. The zero-order valence-electron chi connectivity index (χ0n) is 17.4. The first-order chi connectivity index (χ1) is 14.0. The molecule has 0 bridgehead atoms. The van der Waals surface area contributed by atoms with Crippen molar-refractivity contribution in [2.24, 2.45) is 13.0 Å². The van der Waals surface area contributed by atoms with Crippen LogP contribution in [-0.2, 0) is 11.8 Å². The van der Waals surface area contributed by atoms with E-state index in [4.69, 9.17) is 0 Å². The first-order valence-corrected chi connectivity index (χ1v) is 11.1. The number of amides is 1. The Labute approximate surface area is 171 Å². The lowest BCUT2D eigenvalue weighted by atomic mass is 9.93. The molecule has 3 fully saturated rings. The molecule has 1 aromatic rings. The summed E-state index contributed by atoms with van der Waals surface area (Å²) in [5, 5.41) is 0. The molecule has 2 saturated heterocycles. The van der Waals surface area contributed by atoms with Crippen LogP contribution < -0.4 is 16.1 Å². The number of piperidine rings is 1. The second kappa shape index (κ2) is 8.73. The number of carbonyl (C=O) groups excluding carboxylic acids is 1. The van der Waals surface area contributed by atoms with E-state index in [2.05, 4.69) is 9.88 Å². The van der Waals surface area contributed by atoms with Crippen molar-refractivity contribution in [3.8, 4) is 0 Å². The molecule has 0 aromatic carbocycles. The molecule has 1 unspecified atom stereocenters. The number of nitrogens with one attached hydrogen (secondary N) is 1. The predicted octanol–water partition coefficient (Wildman–Crippen LogP) is 0.767. The van der Waals surface area contributed by atoms with Gasteiger partial charge in [0.2, 0.25) is 5.91 Å². The molecule has 3 aliphatic rings. The Morgan fingerprint density at radius 2 is 1.69 bits per heavy atom. The smallest absolute Gasteiger partial charge is 0.329 e. The fourth-order valence-electron chi connectivity index (χ4n) is 5.12. The van der Waals surface area contributed by atoms with Gasteiger partial charge in [-0.15, -0.1) is 0 Å². The Hall–Kier alpha value is -2.09. The molecule has 1 aliphatic carbocycles. The standard InChI is InChI=1S/C21H33N5O3/c1-23-19(27)14-18(22-21(23)29)26-9-5-6-16(15-26)20(28)25-12-10-24(11-13-25)17-7-3-2-4-8-17/h14,16-17H,2-13,15H2,1H3,(H,22,29). The van der Waals surface area contributed by atoms with Crippen molar-refractivity contribution in [1.29, 1.82) is 0 Å². The number of nitrogens with zero attached hydrogens (tertiary/aromatic N) is 4. The second-order valence-corrected chi connectivity index (χ2v) is 8.80. The van der Waals surface area contributed by atoms with Crippen LogP contribution >= 0.6 is 0 Å². The average molecular weight is 404 g/mol. The minimum atomic E-state index is -0.417. The second-order valence-electron chi connectivity index (χ2n) is 8.80. The molecule has 1 amide bonds. The van der Waals surface area contributed by atoms with Gasteiger partial charge in [0.25, 0.3) is 5.56 Å². The molecular weight excluding hydrogens is 370 g/mol. The van der Waals surface area contributed by atoms with Crippen LogP contribution in [0.25, 0.3) is 0 Å². The van der Waals surface area contributed by atoms with Gasteiger partial charge in [-0.25, -0.2) is 4.79 Å². The molecule has 2 aliphatic heterocycles. The van der Waals surface area contributed by atoms with E-state index in [-0.39, 0.29) is 17.4 Å². The lowest BCUT2D eigenvalue weighted by Crippen LogP contribution is -2.55. The van der Waals surface area contributed by atoms with E-state index in [1.807, 2.05) is 9.80 Å². The summed E-state index contributed by atoms with van der Waals surface area (Å²) in [5.41, 5.74) is -0.740. The van der Waals surface area contributed by atoms with Crippen molar-refractivity contribution in [2.75, 3.05) is 44.2 Å². The van der Waals surface area contributed by atoms with Crippen LogP contribution in [0.15, 0.2) is 15.7 Å². The van der Waals surface area contributed by atoms with Crippen molar-refractivity contribution < 1.29 is 4.79 Å². The minimum absolute atomic E-state index is 0.0717. The van der Waals surface area contributed by atoms with Crippen molar-refractivity contribution in [2.45, 2.75) is 51.0 Å². The highest BCUT2D eigenvalue weighted by molar-refractivity contribution is 5.80. The van der Waals surface area contributed by atoms with Gasteiger partial charge in [0.1, 0.15) is 5.82 Å². The highest BCUT2D eigenvalue weighted by atomic mass is 16.2. The summed E-state index contributed by atoms with van der Waals surface area (Å²) in [5.74, 6) is 0.680. The molecule has 29 heavy (non-hydrogen) atoms. The van der Waals surface area contributed by atoms with Gasteiger partial charge in [-0.3, -0.25) is 24.0 Å². The number of anilines is 1. The van der Waals surface area contributed by atoms with E-state index < -0.39 is 5.69 Å². The number of aromatic amines is 1. The lowest BCUT2D eigenvalue weighted by Gasteiger charge is -2.42. The molecule has 1 aromatic heterocycles. The Kier molecular flexibility index (Phi) is 6.08. The Bertz CT molecular complexity index is 802. The summed E-state index contributed by atoms with van der Waals surface area (Å²) < 4.78 is 1.06. The van der Waals surface area contributed by atoms with Gasteiger partial charge < -0.3 is 9.80 Å². The van der Waals surface area contributed by atoms with Crippen LogP contribution in [-0.4, -0.2) is 70.6 Å². The molecule has 1 atom stereocenters. The predicted molar refractivity (Wildman–Crippen MR) is 112 cm³/mol. The molecule has 3 heterocycles. The molecule has 1 saturated carbocycles. The Balaban J connectivity index is 1.35. The molecule has 0 radical (unpaired) electrons. The first-order valence-electron chi connectivity index (χ1n) is 11.1. The van der Waals surface area contributed by atoms with Crippen LogP contribution in [0, 0.1) is 5.92 Å². The van der Waals surface area contributed by atoms with Crippen molar-refractivity contribution in [1.82, 2.24) is 19.4 Å². The van der Waals surface area contributed by atoms with Gasteiger partial charge in [-0.2, -0.15) is 0 Å². The number of carbonyl (C=O) groups is 1. The van der Waals surface area contributed by atoms with Gasteiger partial charge in [0, 0.05) is 58.4 Å². The van der Waals surface area contributed by atoms with Gasteiger partial charge in [0.05, 0.1) is 5.92 Å². The number of hydrogen-bond acceptors (Lipinski definition) is 5. The molecule has 1 N–H and O–H groups in total. The molecule has 160 valence electrons. The zero-order chi connectivity index (χ0) is 20.4. The van der Waals surface area contributed by atoms with Crippen molar-refractivity contribution in [3.05, 3.63) is 26.9 Å². The minimum Gasteiger partial charge on any atom is -0.357 e. The highest BCUT2D eigenvalue weighted by Crippen LogP contribution is 2.25. The number of aromatic nitrogens is 2. The van der Waals surface area contributed by atoms with Gasteiger partial charge in [-0.1, -0.05) is 19.3 Å². The van der Waals surface area contributed by atoms with Crippen molar-refractivity contribution >= 4 is 11.7 Å². The number of hydrogen-bond donors (Lipinski definition) is 1. The summed E-state index contributed by atoms with van der Waals surface area (Å²) >= 11 is 0. The Morgan fingerprint density at radius 1 is 0.966 bits per heavy atom. The normalized spacial score (nSPS) is 24.7. The van der Waals surface area contributed by atoms with E-state index in [9.17, 15) is 14.4 Å². The van der Waals surface area contributed by atoms with E-state index >= 15 is 0 Å². The molecule has 8 heteroatoms. The third-order valence-corrected chi connectivity index (χ3v) is 6.96. The zero-order valence-corrected chi connectivity index (χ0v) is 17.4. The van der Waals surface area contributed by atoms with Crippen LogP contribution in [0.5, 0.6) is 0 Å². The maximum Gasteiger partial charge on any atom is 0.329 e. The van der Waals surface area contributed by atoms with Gasteiger partial charge >= 0.3 is 5.69 Å². The van der Waals surface area contributed by atoms with Gasteiger partial charge in [0.15, 0.2) is 0 Å². The van der Waals surface area contributed by atoms with E-state index in [0.29, 0.717) is 18.4 Å². The summed E-state index contributed by atoms with van der Waals surface area (Å²) in [4.78, 5) is 46.4. The Morgan fingerprint density at radius 3 is 2.38 bits per heavy atom. The van der Waals surface area contributed by atoms with Crippen LogP contribution in [0.2, 0.25) is 0 Å². The third kappa shape index (κ3) is 4.42. The van der Waals surface area contributed by atoms with Gasteiger partial charge in [-0.05, 0) is 25.7 Å². The fraction of sp³-hybridized carbons (Fsp3) is 0.762. The number of piperazine rings is 1. The largest absolute Gasteiger partial charge is 0.357 e. The monoisotopic (exact) mass is 403 g/mol. The van der Waals surface area contributed by atoms with Crippen molar-refractivity contribution in [3.63, 3.8) is 0 Å². The number of rotatable bonds is 3. The topological polar surface area (TPSA) is 81.7 Å². The third-order valence-electron chi connectivity index (χ3n) is 6.96. The van der Waals surface area contributed by atoms with E-state index in [1.165, 1.54) is 45.2 Å². The number of H-pyrrole nitrogens is 1. The highest BCUT2D eigenvalue weighted by Gasteiger charge is 2.33. The molecule has 0 spiro atoms. The van der Waals surface area contributed by atoms with E-state index in [0.717, 1.165) is 50.1 Å². The van der Waals surface area contributed by atoms with Crippen LogP contribution in [0.4, 0.5) is 5.82 Å². The SMILES string of the molecule is Cn1c(=O)cc(N2CCCC(C(=O)N3CCN(C4CCCCC4)CC3)C2)[nH]c1=O. The summed E-state index contributed by atoms with van der Waals surface area (Å²) in [6.45, 7) is 4.90.